The highest BCUT2D eigenvalue weighted by molar-refractivity contribution is 7.99. The standard InChI is InChI=1S/C24H24N4O3S/c1-3-14-27(15-4-2)22(29)17-32-24-26-25-23(28(24)18-10-6-5-7-11-18)21-16-30-19-12-8-9-13-20(19)31-21/h3-13,21H,1-2,14-17H2. The molecule has 1 amide bonds. The summed E-state index contributed by atoms with van der Waals surface area (Å²) in [6, 6.07) is 17.3. The smallest absolute Gasteiger partial charge is 0.233 e. The van der Waals surface area contributed by atoms with Gasteiger partial charge in [0, 0.05) is 18.8 Å². The Labute approximate surface area is 191 Å². The monoisotopic (exact) mass is 448 g/mol. The fourth-order valence-electron chi connectivity index (χ4n) is 3.36. The summed E-state index contributed by atoms with van der Waals surface area (Å²) in [7, 11) is 0. The maximum Gasteiger partial charge on any atom is 0.233 e. The Morgan fingerprint density at radius 1 is 1.06 bits per heavy atom. The molecule has 1 aliphatic heterocycles. The predicted octanol–water partition coefficient (Wildman–Crippen LogP) is 4.07. The van der Waals surface area contributed by atoms with E-state index in [0.29, 0.717) is 42.2 Å². The molecule has 0 spiro atoms. The van der Waals surface area contributed by atoms with Crippen molar-refractivity contribution in [2.24, 2.45) is 0 Å². The van der Waals surface area contributed by atoms with Crippen LogP contribution in [0.1, 0.15) is 11.9 Å². The molecule has 0 N–H and O–H groups in total. The zero-order chi connectivity index (χ0) is 22.3. The predicted molar refractivity (Wildman–Crippen MR) is 124 cm³/mol. The van der Waals surface area contributed by atoms with Gasteiger partial charge >= 0.3 is 0 Å². The first-order valence-electron chi connectivity index (χ1n) is 10.2. The van der Waals surface area contributed by atoms with Gasteiger partial charge in [0.25, 0.3) is 0 Å². The van der Waals surface area contributed by atoms with Crippen molar-refractivity contribution in [1.82, 2.24) is 19.7 Å². The topological polar surface area (TPSA) is 69.5 Å². The van der Waals surface area contributed by atoms with Crippen molar-refractivity contribution >= 4 is 17.7 Å². The SMILES string of the molecule is C=CCN(CC=C)C(=O)CSc1nnc(C2COc3ccccc3O2)n1-c1ccccc1. The van der Waals surface area contributed by atoms with Gasteiger partial charge in [-0.1, -0.05) is 54.2 Å². The van der Waals surface area contributed by atoms with Crippen molar-refractivity contribution in [1.29, 1.82) is 0 Å². The Bertz CT molecular complexity index is 1090. The Balaban J connectivity index is 1.60. The molecular formula is C24H24N4O3S. The van der Waals surface area contributed by atoms with Crippen LogP contribution in [0.2, 0.25) is 0 Å². The maximum absolute atomic E-state index is 12.7. The van der Waals surface area contributed by atoms with Gasteiger partial charge in [0.1, 0.15) is 6.61 Å². The molecule has 1 aromatic heterocycles. The summed E-state index contributed by atoms with van der Waals surface area (Å²) >= 11 is 1.33. The Morgan fingerprint density at radius 2 is 1.75 bits per heavy atom. The van der Waals surface area contributed by atoms with Crippen LogP contribution >= 0.6 is 11.8 Å². The lowest BCUT2D eigenvalue weighted by molar-refractivity contribution is -0.127. The van der Waals surface area contributed by atoms with Crippen LogP contribution in [-0.4, -0.2) is 51.0 Å². The molecule has 1 atom stereocenters. The minimum Gasteiger partial charge on any atom is -0.485 e. The normalized spacial score (nSPS) is 14.6. The molecule has 164 valence electrons. The largest absolute Gasteiger partial charge is 0.485 e. The van der Waals surface area contributed by atoms with Crippen molar-refractivity contribution in [2.75, 3.05) is 25.4 Å². The van der Waals surface area contributed by atoms with Gasteiger partial charge < -0.3 is 14.4 Å². The molecule has 32 heavy (non-hydrogen) atoms. The number of nitrogens with zero attached hydrogens (tertiary/aromatic N) is 4. The molecule has 1 unspecified atom stereocenters. The van der Waals surface area contributed by atoms with E-state index in [9.17, 15) is 4.79 Å². The summed E-state index contributed by atoms with van der Waals surface area (Å²) in [5.74, 6) is 2.19. The minimum atomic E-state index is -0.430. The summed E-state index contributed by atoms with van der Waals surface area (Å²) < 4.78 is 14.0. The first kappa shape index (κ1) is 21.7. The highest BCUT2D eigenvalue weighted by Crippen LogP contribution is 2.36. The summed E-state index contributed by atoms with van der Waals surface area (Å²) in [5, 5.41) is 9.40. The van der Waals surface area contributed by atoms with Crippen LogP contribution in [0, 0.1) is 0 Å². The average molecular weight is 449 g/mol. The van der Waals surface area contributed by atoms with Crippen LogP contribution < -0.4 is 9.47 Å². The number of para-hydroxylation sites is 3. The third kappa shape index (κ3) is 4.70. The number of carbonyl (C=O) groups is 1. The molecule has 0 saturated heterocycles. The van der Waals surface area contributed by atoms with Crippen LogP contribution in [-0.2, 0) is 4.79 Å². The van der Waals surface area contributed by atoms with Crippen LogP contribution in [0.25, 0.3) is 5.69 Å². The van der Waals surface area contributed by atoms with Gasteiger partial charge in [-0.2, -0.15) is 0 Å². The van der Waals surface area contributed by atoms with E-state index in [-0.39, 0.29) is 11.7 Å². The Kier molecular flexibility index (Phi) is 6.91. The molecule has 3 aromatic rings. The van der Waals surface area contributed by atoms with E-state index in [2.05, 4.69) is 23.4 Å². The van der Waals surface area contributed by atoms with Crippen LogP contribution in [0.15, 0.2) is 85.1 Å². The van der Waals surface area contributed by atoms with Gasteiger partial charge in [-0.25, -0.2) is 0 Å². The summed E-state index contributed by atoms with van der Waals surface area (Å²) in [6.45, 7) is 8.69. The van der Waals surface area contributed by atoms with Gasteiger partial charge in [-0.05, 0) is 24.3 Å². The molecule has 0 fully saturated rings. The Hall–Kier alpha value is -3.52. The molecule has 2 aromatic carbocycles. The average Bonchev–Trinajstić information content (AvgIpc) is 3.26. The highest BCUT2D eigenvalue weighted by atomic mass is 32.2. The zero-order valence-electron chi connectivity index (χ0n) is 17.6. The molecule has 1 aliphatic rings. The van der Waals surface area contributed by atoms with E-state index in [4.69, 9.17) is 9.47 Å². The number of benzene rings is 2. The second-order valence-corrected chi connectivity index (χ2v) is 7.98. The van der Waals surface area contributed by atoms with Crippen molar-refractivity contribution in [3.05, 3.63) is 85.7 Å². The van der Waals surface area contributed by atoms with Crippen molar-refractivity contribution in [3.8, 4) is 17.2 Å². The van der Waals surface area contributed by atoms with E-state index in [1.165, 1.54) is 11.8 Å². The highest BCUT2D eigenvalue weighted by Gasteiger charge is 2.29. The van der Waals surface area contributed by atoms with E-state index in [1.54, 1.807) is 17.1 Å². The summed E-state index contributed by atoms with van der Waals surface area (Å²) in [6.07, 6.45) is 2.98. The number of thioether (sulfide) groups is 1. The number of fused-ring (bicyclic) bond motifs is 1. The molecule has 2 heterocycles. The number of amides is 1. The summed E-state index contributed by atoms with van der Waals surface area (Å²) in [4.78, 5) is 14.4. The van der Waals surface area contributed by atoms with Gasteiger partial charge in [-0.3, -0.25) is 9.36 Å². The third-order valence-corrected chi connectivity index (χ3v) is 5.76. The van der Waals surface area contributed by atoms with Crippen LogP contribution in [0.5, 0.6) is 11.5 Å². The Morgan fingerprint density at radius 3 is 2.47 bits per heavy atom. The number of carbonyl (C=O) groups excluding carboxylic acids is 1. The maximum atomic E-state index is 12.7. The number of ether oxygens (including phenoxy) is 2. The molecule has 4 rings (SSSR count). The van der Waals surface area contributed by atoms with Gasteiger partial charge in [0.2, 0.25) is 5.91 Å². The van der Waals surface area contributed by atoms with E-state index < -0.39 is 6.10 Å². The summed E-state index contributed by atoms with van der Waals surface area (Å²) in [5.41, 5.74) is 0.888. The minimum absolute atomic E-state index is 0.0230. The number of aromatic nitrogens is 3. The molecule has 7 nitrogen and oxygen atoms in total. The second-order valence-electron chi connectivity index (χ2n) is 7.04. The first-order chi connectivity index (χ1) is 15.7. The fourth-order valence-corrected chi connectivity index (χ4v) is 4.22. The van der Waals surface area contributed by atoms with E-state index in [0.717, 1.165) is 5.69 Å². The molecule has 8 heteroatoms. The van der Waals surface area contributed by atoms with Gasteiger partial charge in [0.15, 0.2) is 28.6 Å². The number of hydrogen-bond donors (Lipinski definition) is 0. The lowest BCUT2D eigenvalue weighted by atomic mass is 10.2. The lowest BCUT2D eigenvalue weighted by Gasteiger charge is -2.26. The van der Waals surface area contributed by atoms with Crippen LogP contribution in [0.3, 0.4) is 0 Å². The molecule has 0 aliphatic carbocycles. The molecule has 0 saturated carbocycles. The first-order valence-corrected chi connectivity index (χ1v) is 11.2. The number of rotatable bonds is 9. The van der Waals surface area contributed by atoms with Gasteiger partial charge in [0.05, 0.1) is 5.75 Å². The molecular weight excluding hydrogens is 424 g/mol. The van der Waals surface area contributed by atoms with Gasteiger partial charge in [-0.15, -0.1) is 23.4 Å². The zero-order valence-corrected chi connectivity index (χ0v) is 18.4. The lowest BCUT2D eigenvalue weighted by Crippen LogP contribution is -2.32. The van der Waals surface area contributed by atoms with Crippen molar-refractivity contribution in [3.63, 3.8) is 0 Å². The number of hydrogen-bond acceptors (Lipinski definition) is 6. The third-order valence-electron chi connectivity index (χ3n) is 4.85. The van der Waals surface area contributed by atoms with Crippen molar-refractivity contribution in [2.45, 2.75) is 11.3 Å². The fraction of sp³-hybridized carbons (Fsp3) is 0.208. The molecule has 0 radical (unpaired) electrons. The quantitative estimate of drug-likeness (QED) is 0.363. The van der Waals surface area contributed by atoms with E-state index >= 15 is 0 Å². The van der Waals surface area contributed by atoms with E-state index in [1.807, 2.05) is 59.2 Å². The molecule has 0 bridgehead atoms. The van der Waals surface area contributed by atoms with Crippen LogP contribution in [0.4, 0.5) is 0 Å². The van der Waals surface area contributed by atoms with Crippen molar-refractivity contribution < 1.29 is 14.3 Å². The second kappa shape index (κ2) is 10.2.